The summed E-state index contributed by atoms with van der Waals surface area (Å²) in [5.74, 6) is 0.258. The average Bonchev–Trinajstić information content (AvgIpc) is 2.97. The van der Waals surface area contributed by atoms with E-state index in [2.05, 4.69) is 19.2 Å². The zero-order valence-electron chi connectivity index (χ0n) is 16.1. The predicted octanol–water partition coefficient (Wildman–Crippen LogP) is 4.18. The minimum absolute atomic E-state index is 0.107. The first-order chi connectivity index (χ1) is 12.9. The molecule has 6 heteroatoms. The maximum atomic E-state index is 12.5. The van der Waals surface area contributed by atoms with Crippen molar-refractivity contribution in [3.8, 4) is 5.75 Å². The van der Waals surface area contributed by atoms with Gasteiger partial charge in [-0.25, -0.2) is 0 Å². The van der Waals surface area contributed by atoms with Crippen LogP contribution in [0.3, 0.4) is 0 Å². The number of amides is 2. The molecule has 144 valence electrons. The van der Waals surface area contributed by atoms with Crippen LogP contribution in [0.2, 0.25) is 0 Å². The zero-order chi connectivity index (χ0) is 19.6. The minimum Gasteiger partial charge on any atom is -0.483 e. The fourth-order valence-corrected chi connectivity index (χ4v) is 4.78. The highest BCUT2D eigenvalue weighted by molar-refractivity contribution is 7.17. The van der Waals surface area contributed by atoms with Gasteiger partial charge in [-0.1, -0.05) is 26.0 Å². The molecule has 0 saturated heterocycles. The van der Waals surface area contributed by atoms with Crippen molar-refractivity contribution in [1.82, 2.24) is 0 Å². The highest BCUT2D eigenvalue weighted by Gasteiger charge is 2.25. The second-order valence-corrected chi connectivity index (χ2v) is 8.42. The van der Waals surface area contributed by atoms with Crippen molar-refractivity contribution in [2.24, 2.45) is 5.73 Å². The summed E-state index contributed by atoms with van der Waals surface area (Å²) in [7, 11) is 0. The van der Waals surface area contributed by atoms with Crippen LogP contribution in [0.5, 0.6) is 5.75 Å². The van der Waals surface area contributed by atoms with Gasteiger partial charge in [0.2, 0.25) is 0 Å². The number of hydrogen-bond acceptors (Lipinski definition) is 4. The molecule has 0 atom stereocenters. The Morgan fingerprint density at radius 1 is 1.26 bits per heavy atom. The highest BCUT2D eigenvalue weighted by Crippen LogP contribution is 2.38. The van der Waals surface area contributed by atoms with E-state index < -0.39 is 5.91 Å². The van der Waals surface area contributed by atoms with Gasteiger partial charge >= 0.3 is 0 Å². The van der Waals surface area contributed by atoms with Crippen molar-refractivity contribution in [1.29, 1.82) is 0 Å². The Morgan fingerprint density at radius 2 is 2.00 bits per heavy atom. The lowest BCUT2D eigenvalue weighted by Gasteiger charge is -2.15. The van der Waals surface area contributed by atoms with E-state index in [1.165, 1.54) is 11.3 Å². The number of thiophene rings is 1. The van der Waals surface area contributed by atoms with E-state index in [-0.39, 0.29) is 12.5 Å². The van der Waals surface area contributed by atoms with E-state index >= 15 is 0 Å². The van der Waals surface area contributed by atoms with Gasteiger partial charge in [-0.2, -0.15) is 0 Å². The van der Waals surface area contributed by atoms with Gasteiger partial charge in [-0.05, 0) is 61.3 Å². The Kier molecular flexibility index (Phi) is 5.85. The van der Waals surface area contributed by atoms with Gasteiger partial charge < -0.3 is 15.8 Å². The molecule has 3 rings (SSSR count). The number of anilines is 1. The maximum Gasteiger partial charge on any atom is 0.262 e. The van der Waals surface area contributed by atoms with E-state index in [1.807, 2.05) is 25.1 Å². The van der Waals surface area contributed by atoms with Crippen molar-refractivity contribution in [3.63, 3.8) is 0 Å². The van der Waals surface area contributed by atoms with Crippen LogP contribution in [0.4, 0.5) is 5.00 Å². The topological polar surface area (TPSA) is 81.4 Å². The van der Waals surface area contributed by atoms with Gasteiger partial charge in [0.25, 0.3) is 11.8 Å². The molecule has 1 aliphatic rings. The lowest BCUT2D eigenvalue weighted by Crippen LogP contribution is -2.22. The van der Waals surface area contributed by atoms with Crippen molar-refractivity contribution in [3.05, 3.63) is 45.3 Å². The lowest BCUT2D eigenvalue weighted by atomic mass is 9.95. The summed E-state index contributed by atoms with van der Waals surface area (Å²) in [6, 6.07) is 6.02. The standard InChI is InChI=1S/C21H26N2O3S/c1-12(2)14-9-8-13(3)10-16(14)26-11-18(24)23-21-19(20(22)25)15-6-4-5-7-17(15)27-21/h8-10,12H,4-7,11H2,1-3H3,(H2,22,25)(H,23,24). The number of hydrogen-bond donors (Lipinski definition) is 2. The monoisotopic (exact) mass is 386 g/mol. The summed E-state index contributed by atoms with van der Waals surface area (Å²) in [5, 5.41) is 3.39. The van der Waals surface area contributed by atoms with Crippen molar-refractivity contribution in [2.75, 3.05) is 11.9 Å². The first-order valence-electron chi connectivity index (χ1n) is 9.34. The van der Waals surface area contributed by atoms with E-state index in [0.717, 1.165) is 53.0 Å². The first-order valence-corrected chi connectivity index (χ1v) is 10.2. The zero-order valence-corrected chi connectivity index (χ0v) is 16.9. The average molecular weight is 387 g/mol. The highest BCUT2D eigenvalue weighted by atomic mass is 32.1. The number of nitrogens with two attached hydrogens (primary N) is 1. The minimum atomic E-state index is -0.480. The van der Waals surface area contributed by atoms with Crippen LogP contribution < -0.4 is 15.8 Å². The van der Waals surface area contributed by atoms with E-state index in [9.17, 15) is 9.59 Å². The molecular weight excluding hydrogens is 360 g/mol. The van der Waals surface area contributed by atoms with Gasteiger partial charge in [0.15, 0.2) is 6.61 Å². The van der Waals surface area contributed by atoms with Crippen LogP contribution in [0, 0.1) is 6.92 Å². The molecule has 1 aliphatic carbocycles. The molecule has 0 radical (unpaired) electrons. The number of rotatable bonds is 6. The fraction of sp³-hybridized carbons (Fsp3) is 0.429. The summed E-state index contributed by atoms with van der Waals surface area (Å²) in [4.78, 5) is 25.5. The van der Waals surface area contributed by atoms with Crippen LogP contribution in [-0.2, 0) is 17.6 Å². The van der Waals surface area contributed by atoms with Crippen LogP contribution in [-0.4, -0.2) is 18.4 Å². The van der Waals surface area contributed by atoms with Crippen molar-refractivity contribution >= 4 is 28.2 Å². The predicted molar refractivity (Wildman–Crippen MR) is 109 cm³/mol. The molecule has 3 N–H and O–H groups in total. The maximum absolute atomic E-state index is 12.5. The number of aryl methyl sites for hydroxylation is 2. The molecule has 5 nitrogen and oxygen atoms in total. The number of carbonyl (C=O) groups is 2. The normalized spacial score (nSPS) is 13.3. The van der Waals surface area contributed by atoms with E-state index in [0.29, 0.717) is 16.5 Å². The number of primary amides is 1. The second kappa shape index (κ2) is 8.13. The largest absolute Gasteiger partial charge is 0.483 e. The van der Waals surface area contributed by atoms with Gasteiger partial charge in [0, 0.05) is 4.88 Å². The second-order valence-electron chi connectivity index (χ2n) is 7.31. The number of nitrogens with one attached hydrogen (secondary N) is 1. The molecule has 2 aromatic rings. The molecule has 0 fully saturated rings. The molecule has 27 heavy (non-hydrogen) atoms. The molecular formula is C21H26N2O3S. The molecule has 1 aromatic heterocycles. The molecule has 1 heterocycles. The Bertz CT molecular complexity index is 871. The van der Waals surface area contributed by atoms with E-state index in [1.54, 1.807) is 0 Å². The van der Waals surface area contributed by atoms with Gasteiger partial charge in [0.05, 0.1) is 5.56 Å². The molecule has 1 aromatic carbocycles. The molecule has 2 amide bonds. The van der Waals surface area contributed by atoms with Crippen molar-refractivity contribution in [2.45, 2.75) is 52.4 Å². The number of benzene rings is 1. The smallest absolute Gasteiger partial charge is 0.262 e. The quantitative estimate of drug-likeness (QED) is 0.781. The molecule has 0 unspecified atom stereocenters. The Morgan fingerprint density at radius 3 is 2.70 bits per heavy atom. The SMILES string of the molecule is Cc1ccc(C(C)C)c(OCC(=O)Nc2sc3c(c2C(N)=O)CCCC3)c1. The summed E-state index contributed by atoms with van der Waals surface area (Å²) in [6.45, 7) is 6.07. The van der Waals surface area contributed by atoms with Crippen LogP contribution >= 0.6 is 11.3 Å². The number of ether oxygens (including phenoxy) is 1. The third kappa shape index (κ3) is 4.33. The van der Waals surface area contributed by atoms with Crippen LogP contribution in [0.1, 0.15) is 64.5 Å². The van der Waals surface area contributed by atoms with Gasteiger partial charge in [0.1, 0.15) is 10.8 Å². The molecule has 0 bridgehead atoms. The molecule has 0 spiro atoms. The Hall–Kier alpha value is -2.34. The van der Waals surface area contributed by atoms with Crippen LogP contribution in [0.25, 0.3) is 0 Å². The Labute approximate surface area is 163 Å². The summed E-state index contributed by atoms with van der Waals surface area (Å²) >= 11 is 1.46. The third-order valence-electron chi connectivity index (χ3n) is 4.82. The molecule has 0 aliphatic heterocycles. The van der Waals surface area contributed by atoms with Crippen LogP contribution in [0.15, 0.2) is 18.2 Å². The number of carbonyl (C=O) groups excluding carboxylic acids is 2. The summed E-state index contributed by atoms with van der Waals surface area (Å²) in [5.41, 5.74) is 9.21. The number of fused-ring (bicyclic) bond motifs is 1. The van der Waals surface area contributed by atoms with E-state index in [4.69, 9.17) is 10.5 Å². The third-order valence-corrected chi connectivity index (χ3v) is 6.03. The fourth-order valence-electron chi connectivity index (χ4n) is 3.46. The Balaban J connectivity index is 1.73. The summed E-state index contributed by atoms with van der Waals surface area (Å²) < 4.78 is 5.79. The van der Waals surface area contributed by atoms with Gasteiger partial charge in [-0.15, -0.1) is 11.3 Å². The van der Waals surface area contributed by atoms with Crippen molar-refractivity contribution < 1.29 is 14.3 Å². The summed E-state index contributed by atoms with van der Waals surface area (Å²) in [6.07, 6.45) is 3.94. The first kappa shape index (κ1) is 19.4. The van der Waals surface area contributed by atoms with Gasteiger partial charge in [-0.3, -0.25) is 9.59 Å². The molecule has 0 saturated carbocycles. The lowest BCUT2D eigenvalue weighted by molar-refractivity contribution is -0.118.